The fraction of sp³-hybridized carbons (Fsp3) is 0.562. The molecule has 0 spiro atoms. The summed E-state index contributed by atoms with van der Waals surface area (Å²) in [6.45, 7) is 4.31. The van der Waals surface area contributed by atoms with Crippen LogP contribution >= 0.6 is 0 Å². The molecule has 4 nitrogen and oxygen atoms in total. The fourth-order valence-corrected chi connectivity index (χ4v) is 3.06. The lowest BCUT2D eigenvalue weighted by molar-refractivity contribution is 0.0762. The largest absolute Gasteiger partial charge is 0.372 e. The third-order valence-electron chi connectivity index (χ3n) is 4.31. The maximum atomic E-state index is 12.5. The molecule has 108 valence electrons. The van der Waals surface area contributed by atoms with Crippen LogP contribution in [0.4, 0.5) is 0 Å². The molecule has 1 saturated heterocycles. The van der Waals surface area contributed by atoms with Crippen molar-refractivity contribution in [3.8, 4) is 0 Å². The lowest BCUT2D eigenvalue weighted by atomic mass is 9.97. The molecule has 4 heteroatoms. The number of fused-ring (bicyclic) bond motifs is 1. The molecule has 0 aromatic heterocycles. The van der Waals surface area contributed by atoms with Crippen molar-refractivity contribution in [2.24, 2.45) is 5.92 Å². The van der Waals surface area contributed by atoms with Crippen LogP contribution in [0.1, 0.15) is 34.3 Å². The molecule has 1 fully saturated rings. The van der Waals surface area contributed by atoms with E-state index < -0.39 is 0 Å². The minimum absolute atomic E-state index is 0.123. The summed E-state index contributed by atoms with van der Waals surface area (Å²) in [7, 11) is 1.91. The molecule has 0 unspecified atom stereocenters. The standard InChI is InChI=1S/C16H22N2O2/c1-18(9-12-4-6-17-7-5-12)16(19)13-2-3-14-10-20-11-15(14)8-13/h2-3,8,12,17H,4-7,9-11H2,1H3. The van der Waals surface area contributed by atoms with Gasteiger partial charge in [0.15, 0.2) is 0 Å². The molecule has 20 heavy (non-hydrogen) atoms. The molecule has 1 amide bonds. The van der Waals surface area contributed by atoms with E-state index >= 15 is 0 Å². The second kappa shape index (κ2) is 5.94. The van der Waals surface area contributed by atoms with Gasteiger partial charge in [-0.1, -0.05) is 6.07 Å². The predicted octanol–water partition coefficient (Wildman–Crippen LogP) is 1.79. The molecule has 0 atom stereocenters. The number of nitrogens with zero attached hydrogens (tertiary/aromatic N) is 1. The van der Waals surface area contributed by atoms with Crippen LogP contribution in [0.15, 0.2) is 18.2 Å². The summed E-state index contributed by atoms with van der Waals surface area (Å²) in [6, 6.07) is 5.94. The lowest BCUT2D eigenvalue weighted by Crippen LogP contribution is -2.37. The summed E-state index contributed by atoms with van der Waals surface area (Å²) in [4.78, 5) is 14.4. The van der Waals surface area contributed by atoms with Crippen LogP contribution in [0.5, 0.6) is 0 Å². The number of ether oxygens (including phenoxy) is 1. The molecule has 1 aromatic carbocycles. The summed E-state index contributed by atoms with van der Waals surface area (Å²) in [5.41, 5.74) is 3.15. The van der Waals surface area contributed by atoms with Crippen molar-refractivity contribution in [2.45, 2.75) is 26.1 Å². The number of nitrogens with one attached hydrogen (secondary N) is 1. The van der Waals surface area contributed by atoms with E-state index in [-0.39, 0.29) is 5.91 Å². The first-order valence-electron chi connectivity index (χ1n) is 7.40. The van der Waals surface area contributed by atoms with Gasteiger partial charge in [0, 0.05) is 19.2 Å². The van der Waals surface area contributed by atoms with Gasteiger partial charge in [-0.25, -0.2) is 0 Å². The number of carbonyl (C=O) groups is 1. The minimum atomic E-state index is 0.123. The summed E-state index contributed by atoms with van der Waals surface area (Å²) < 4.78 is 5.40. The van der Waals surface area contributed by atoms with Crippen molar-refractivity contribution < 1.29 is 9.53 Å². The van der Waals surface area contributed by atoms with E-state index in [1.165, 1.54) is 5.56 Å². The average Bonchev–Trinajstić information content (AvgIpc) is 2.94. The number of carbonyl (C=O) groups excluding carboxylic acids is 1. The SMILES string of the molecule is CN(CC1CCNCC1)C(=O)c1ccc2c(c1)COC2. The summed E-state index contributed by atoms with van der Waals surface area (Å²) in [6.07, 6.45) is 2.32. The van der Waals surface area contributed by atoms with Crippen LogP contribution in [0.25, 0.3) is 0 Å². The minimum Gasteiger partial charge on any atom is -0.372 e. The van der Waals surface area contributed by atoms with E-state index in [1.807, 2.05) is 30.1 Å². The Balaban J connectivity index is 1.65. The van der Waals surface area contributed by atoms with Gasteiger partial charge in [0.25, 0.3) is 5.91 Å². The molecule has 0 radical (unpaired) electrons. The van der Waals surface area contributed by atoms with Gasteiger partial charge in [-0.15, -0.1) is 0 Å². The first-order valence-corrected chi connectivity index (χ1v) is 7.40. The zero-order valence-electron chi connectivity index (χ0n) is 12.0. The van der Waals surface area contributed by atoms with Crippen LogP contribution in [0.3, 0.4) is 0 Å². The van der Waals surface area contributed by atoms with Crippen LogP contribution in [-0.2, 0) is 18.0 Å². The normalized spacial score (nSPS) is 18.9. The molecule has 0 aliphatic carbocycles. The van der Waals surface area contributed by atoms with Gasteiger partial charge in [0.05, 0.1) is 13.2 Å². The van der Waals surface area contributed by atoms with Gasteiger partial charge in [0.1, 0.15) is 0 Å². The Morgan fingerprint density at radius 2 is 2.05 bits per heavy atom. The quantitative estimate of drug-likeness (QED) is 0.913. The van der Waals surface area contributed by atoms with Crippen LogP contribution in [-0.4, -0.2) is 37.5 Å². The van der Waals surface area contributed by atoms with Crippen molar-refractivity contribution in [1.82, 2.24) is 10.2 Å². The lowest BCUT2D eigenvalue weighted by Gasteiger charge is -2.27. The second-order valence-electron chi connectivity index (χ2n) is 5.86. The van der Waals surface area contributed by atoms with Crippen molar-refractivity contribution in [2.75, 3.05) is 26.7 Å². The van der Waals surface area contributed by atoms with Crippen molar-refractivity contribution >= 4 is 5.91 Å². The summed E-state index contributed by atoms with van der Waals surface area (Å²) in [5.74, 6) is 0.751. The first kappa shape index (κ1) is 13.6. The highest BCUT2D eigenvalue weighted by Gasteiger charge is 2.20. The number of rotatable bonds is 3. The Labute approximate surface area is 120 Å². The predicted molar refractivity (Wildman–Crippen MR) is 77.5 cm³/mol. The first-order chi connectivity index (χ1) is 9.74. The third-order valence-corrected chi connectivity index (χ3v) is 4.31. The summed E-state index contributed by atoms with van der Waals surface area (Å²) >= 11 is 0. The van der Waals surface area contributed by atoms with Crippen molar-refractivity contribution in [3.05, 3.63) is 34.9 Å². The molecule has 1 aromatic rings. The molecule has 2 heterocycles. The number of hydrogen-bond donors (Lipinski definition) is 1. The Kier molecular flexibility index (Phi) is 4.03. The van der Waals surface area contributed by atoms with E-state index in [0.29, 0.717) is 19.1 Å². The Bertz CT molecular complexity index is 495. The molecular formula is C16H22N2O2. The molecule has 2 aliphatic heterocycles. The topological polar surface area (TPSA) is 41.6 Å². The number of piperidine rings is 1. The van der Waals surface area contributed by atoms with Crippen molar-refractivity contribution in [3.63, 3.8) is 0 Å². The molecule has 0 saturated carbocycles. The summed E-state index contributed by atoms with van der Waals surface area (Å²) in [5, 5.41) is 3.36. The maximum Gasteiger partial charge on any atom is 0.253 e. The van der Waals surface area contributed by atoms with Gasteiger partial charge in [-0.2, -0.15) is 0 Å². The van der Waals surface area contributed by atoms with Crippen LogP contribution < -0.4 is 5.32 Å². The van der Waals surface area contributed by atoms with E-state index in [1.54, 1.807) is 0 Å². The van der Waals surface area contributed by atoms with E-state index in [9.17, 15) is 4.79 Å². The average molecular weight is 274 g/mol. The second-order valence-corrected chi connectivity index (χ2v) is 5.86. The van der Waals surface area contributed by atoms with Gasteiger partial charge in [-0.3, -0.25) is 4.79 Å². The van der Waals surface area contributed by atoms with Gasteiger partial charge in [-0.05, 0) is 55.1 Å². The highest BCUT2D eigenvalue weighted by atomic mass is 16.5. The smallest absolute Gasteiger partial charge is 0.253 e. The molecule has 2 aliphatic rings. The molecule has 1 N–H and O–H groups in total. The van der Waals surface area contributed by atoms with E-state index in [0.717, 1.165) is 43.6 Å². The Morgan fingerprint density at radius 1 is 1.30 bits per heavy atom. The molecular weight excluding hydrogens is 252 g/mol. The van der Waals surface area contributed by atoms with Crippen LogP contribution in [0.2, 0.25) is 0 Å². The van der Waals surface area contributed by atoms with E-state index in [2.05, 4.69) is 5.32 Å². The fourth-order valence-electron chi connectivity index (χ4n) is 3.06. The van der Waals surface area contributed by atoms with Gasteiger partial charge < -0.3 is 15.0 Å². The zero-order valence-corrected chi connectivity index (χ0v) is 12.0. The van der Waals surface area contributed by atoms with Crippen LogP contribution in [0, 0.1) is 5.92 Å². The highest BCUT2D eigenvalue weighted by Crippen LogP contribution is 2.22. The zero-order chi connectivity index (χ0) is 13.9. The highest BCUT2D eigenvalue weighted by molar-refractivity contribution is 5.94. The molecule has 0 bridgehead atoms. The maximum absolute atomic E-state index is 12.5. The van der Waals surface area contributed by atoms with E-state index in [4.69, 9.17) is 4.74 Å². The van der Waals surface area contributed by atoms with Crippen molar-refractivity contribution in [1.29, 1.82) is 0 Å². The Morgan fingerprint density at radius 3 is 2.85 bits per heavy atom. The van der Waals surface area contributed by atoms with Gasteiger partial charge in [0.2, 0.25) is 0 Å². The number of benzene rings is 1. The van der Waals surface area contributed by atoms with Gasteiger partial charge >= 0.3 is 0 Å². The Hall–Kier alpha value is -1.39. The number of amides is 1. The third kappa shape index (κ3) is 2.86. The number of hydrogen-bond acceptors (Lipinski definition) is 3. The molecule has 3 rings (SSSR count). The monoisotopic (exact) mass is 274 g/mol.